The van der Waals surface area contributed by atoms with E-state index in [-0.39, 0.29) is 0 Å². The first-order valence-electron chi connectivity index (χ1n) is 5.45. The molecule has 1 N–H and O–H groups in total. The minimum absolute atomic E-state index is 0.386. The van der Waals surface area contributed by atoms with E-state index in [1.807, 2.05) is 0 Å². The van der Waals surface area contributed by atoms with Crippen molar-refractivity contribution in [3.8, 4) is 0 Å². The van der Waals surface area contributed by atoms with E-state index in [2.05, 4.69) is 49.9 Å². The van der Waals surface area contributed by atoms with Crippen molar-refractivity contribution in [1.82, 2.24) is 10.2 Å². The highest BCUT2D eigenvalue weighted by Crippen LogP contribution is 2.19. The molecule has 0 aromatic heterocycles. The molecule has 1 rings (SSSR count). The Hall–Kier alpha value is 0.270. The molecule has 1 aliphatic heterocycles. The van der Waals surface area contributed by atoms with Gasteiger partial charge in [-0.2, -0.15) is 11.8 Å². The zero-order chi connectivity index (χ0) is 10.6. The van der Waals surface area contributed by atoms with Gasteiger partial charge in [0, 0.05) is 24.9 Å². The summed E-state index contributed by atoms with van der Waals surface area (Å²) in [5.74, 6) is 2.64. The van der Waals surface area contributed by atoms with Gasteiger partial charge in [-0.1, -0.05) is 13.8 Å². The first-order valence-corrected chi connectivity index (χ1v) is 6.61. The van der Waals surface area contributed by atoms with Crippen LogP contribution in [-0.2, 0) is 0 Å². The van der Waals surface area contributed by atoms with E-state index in [4.69, 9.17) is 0 Å². The number of nitrogens with one attached hydrogen (secondary N) is 1. The molecule has 84 valence electrons. The van der Waals surface area contributed by atoms with Crippen LogP contribution in [-0.4, -0.2) is 49.6 Å². The smallest absolute Gasteiger partial charge is 0.0166 e. The Morgan fingerprint density at radius 1 is 1.43 bits per heavy atom. The van der Waals surface area contributed by atoms with E-state index in [9.17, 15) is 0 Å². The van der Waals surface area contributed by atoms with Crippen LogP contribution in [0.2, 0.25) is 0 Å². The third-order valence-electron chi connectivity index (χ3n) is 2.54. The molecule has 0 aliphatic carbocycles. The summed E-state index contributed by atoms with van der Waals surface area (Å²) >= 11 is 2.07. The molecule has 3 heteroatoms. The van der Waals surface area contributed by atoms with Crippen molar-refractivity contribution < 1.29 is 0 Å². The van der Waals surface area contributed by atoms with Gasteiger partial charge in [0.15, 0.2) is 0 Å². The van der Waals surface area contributed by atoms with E-state index in [0.717, 1.165) is 19.1 Å². The molecule has 2 nitrogen and oxygen atoms in total. The maximum Gasteiger partial charge on any atom is 0.0166 e. The Morgan fingerprint density at radius 3 is 2.64 bits per heavy atom. The highest BCUT2D eigenvalue weighted by atomic mass is 32.2. The van der Waals surface area contributed by atoms with E-state index in [0.29, 0.717) is 5.41 Å². The average Bonchev–Trinajstić information content (AvgIpc) is 2.50. The third kappa shape index (κ3) is 4.67. The molecule has 14 heavy (non-hydrogen) atoms. The van der Waals surface area contributed by atoms with Gasteiger partial charge in [-0.3, -0.25) is 0 Å². The van der Waals surface area contributed by atoms with Gasteiger partial charge in [0.1, 0.15) is 0 Å². The van der Waals surface area contributed by atoms with Crippen molar-refractivity contribution >= 4 is 11.8 Å². The van der Waals surface area contributed by atoms with Gasteiger partial charge in [0.05, 0.1) is 0 Å². The molecule has 1 aliphatic rings. The predicted molar refractivity (Wildman–Crippen MR) is 66.1 cm³/mol. The number of thioether (sulfide) groups is 1. The highest BCUT2D eigenvalue weighted by molar-refractivity contribution is 7.99. The van der Waals surface area contributed by atoms with Gasteiger partial charge in [-0.15, -0.1) is 0 Å². The second-order valence-corrected chi connectivity index (χ2v) is 6.49. The number of nitrogens with zero attached hydrogens (tertiary/aromatic N) is 1. The van der Waals surface area contributed by atoms with Gasteiger partial charge in [-0.05, 0) is 31.7 Å². The monoisotopic (exact) mass is 216 g/mol. The third-order valence-corrected chi connectivity index (χ3v) is 3.71. The Morgan fingerprint density at radius 2 is 2.14 bits per heavy atom. The Kier molecular flexibility index (Phi) is 4.74. The lowest BCUT2D eigenvalue weighted by Gasteiger charge is -2.29. The second kappa shape index (κ2) is 5.38. The van der Waals surface area contributed by atoms with Crippen LogP contribution in [0.5, 0.6) is 0 Å². The summed E-state index contributed by atoms with van der Waals surface area (Å²) in [5, 5.41) is 3.68. The van der Waals surface area contributed by atoms with E-state index >= 15 is 0 Å². The van der Waals surface area contributed by atoms with Gasteiger partial charge >= 0.3 is 0 Å². The molecule has 0 bridgehead atoms. The van der Waals surface area contributed by atoms with Crippen LogP contribution in [0.4, 0.5) is 0 Å². The molecule has 0 aromatic carbocycles. The normalized spacial score (nSPS) is 23.4. The summed E-state index contributed by atoms with van der Waals surface area (Å²) in [6.07, 6.45) is 1.35. The van der Waals surface area contributed by atoms with Crippen LogP contribution in [0.1, 0.15) is 20.3 Å². The summed E-state index contributed by atoms with van der Waals surface area (Å²) in [6, 6.07) is 0.765. The second-order valence-electron chi connectivity index (χ2n) is 5.34. The number of rotatable bonds is 5. The van der Waals surface area contributed by atoms with Gasteiger partial charge in [-0.25, -0.2) is 0 Å². The molecule has 0 aromatic rings. The quantitative estimate of drug-likeness (QED) is 0.752. The first kappa shape index (κ1) is 12.3. The van der Waals surface area contributed by atoms with E-state index in [1.54, 1.807) is 0 Å². The predicted octanol–water partition coefficient (Wildman–Crippen LogP) is 1.67. The van der Waals surface area contributed by atoms with Crippen LogP contribution >= 0.6 is 11.8 Å². The fourth-order valence-electron chi connectivity index (χ4n) is 2.03. The molecule has 1 heterocycles. The molecule has 1 saturated heterocycles. The Balaban J connectivity index is 2.20. The first-order chi connectivity index (χ1) is 6.49. The molecule has 0 radical (unpaired) electrons. The maximum absolute atomic E-state index is 3.68. The van der Waals surface area contributed by atoms with Gasteiger partial charge in [0.25, 0.3) is 0 Å². The Bertz CT molecular complexity index is 163. The van der Waals surface area contributed by atoms with Crippen molar-refractivity contribution in [1.29, 1.82) is 0 Å². The zero-order valence-corrected chi connectivity index (χ0v) is 10.8. The fraction of sp³-hybridized carbons (Fsp3) is 1.00. The molecule has 0 unspecified atom stereocenters. The van der Waals surface area contributed by atoms with Crippen molar-refractivity contribution in [3.63, 3.8) is 0 Å². The van der Waals surface area contributed by atoms with Crippen LogP contribution in [0.25, 0.3) is 0 Å². The number of hydrogen-bond donors (Lipinski definition) is 1. The van der Waals surface area contributed by atoms with Gasteiger partial charge < -0.3 is 10.2 Å². The SMILES string of the molecule is CN(C)CC(C)(C)CN[C@H]1CCSC1. The molecule has 0 amide bonds. The summed E-state index contributed by atoms with van der Waals surface area (Å²) in [5.41, 5.74) is 0.386. The van der Waals surface area contributed by atoms with Crippen LogP contribution < -0.4 is 5.32 Å². The summed E-state index contributed by atoms with van der Waals surface area (Å²) in [7, 11) is 4.29. The van der Waals surface area contributed by atoms with E-state index < -0.39 is 0 Å². The highest BCUT2D eigenvalue weighted by Gasteiger charge is 2.22. The lowest BCUT2D eigenvalue weighted by molar-refractivity contribution is 0.227. The maximum atomic E-state index is 3.68. The summed E-state index contributed by atoms with van der Waals surface area (Å²) in [6.45, 7) is 6.96. The fourth-order valence-corrected chi connectivity index (χ4v) is 3.21. The van der Waals surface area contributed by atoms with Gasteiger partial charge in [0.2, 0.25) is 0 Å². The van der Waals surface area contributed by atoms with Crippen molar-refractivity contribution in [2.75, 3.05) is 38.7 Å². The van der Waals surface area contributed by atoms with Crippen molar-refractivity contribution in [2.45, 2.75) is 26.3 Å². The standard InChI is InChI=1S/C11H24N2S/c1-11(2,9-13(3)4)8-12-10-5-6-14-7-10/h10,12H,5-9H2,1-4H3/t10-/m0/s1. The molecule has 0 spiro atoms. The largest absolute Gasteiger partial charge is 0.313 e. The summed E-state index contributed by atoms with van der Waals surface area (Å²) < 4.78 is 0. The van der Waals surface area contributed by atoms with Crippen LogP contribution in [0.15, 0.2) is 0 Å². The van der Waals surface area contributed by atoms with Crippen molar-refractivity contribution in [3.05, 3.63) is 0 Å². The van der Waals surface area contributed by atoms with Crippen molar-refractivity contribution in [2.24, 2.45) is 5.41 Å². The molecular formula is C11H24N2S. The van der Waals surface area contributed by atoms with Crippen LogP contribution in [0, 0.1) is 5.41 Å². The lowest BCUT2D eigenvalue weighted by Crippen LogP contribution is -2.41. The topological polar surface area (TPSA) is 15.3 Å². The number of hydrogen-bond acceptors (Lipinski definition) is 3. The minimum Gasteiger partial charge on any atom is -0.313 e. The minimum atomic E-state index is 0.386. The van der Waals surface area contributed by atoms with Crippen LogP contribution in [0.3, 0.4) is 0 Å². The average molecular weight is 216 g/mol. The Labute approximate surface area is 92.8 Å². The molecule has 0 saturated carbocycles. The van der Waals surface area contributed by atoms with E-state index in [1.165, 1.54) is 17.9 Å². The molecule has 1 fully saturated rings. The molecule has 1 atom stereocenters. The molecular weight excluding hydrogens is 192 g/mol. The summed E-state index contributed by atoms with van der Waals surface area (Å²) in [4.78, 5) is 2.27. The zero-order valence-electron chi connectivity index (χ0n) is 9.97. The lowest BCUT2D eigenvalue weighted by atomic mass is 9.92.